The molecule has 2 unspecified atom stereocenters. The lowest BCUT2D eigenvalue weighted by Gasteiger charge is -2.25. The summed E-state index contributed by atoms with van der Waals surface area (Å²) < 4.78 is 38.0. The van der Waals surface area contributed by atoms with Crippen molar-refractivity contribution in [3.8, 4) is 0 Å². The Hall–Kier alpha value is -1.03. The molecule has 1 nitrogen and oxygen atoms in total. The van der Waals surface area contributed by atoms with E-state index in [9.17, 15) is 13.2 Å². The highest BCUT2D eigenvalue weighted by molar-refractivity contribution is 5.34. The van der Waals surface area contributed by atoms with Crippen molar-refractivity contribution in [2.75, 3.05) is 0 Å². The van der Waals surface area contributed by atoms with E-state index in [1.165, 1.54) is 12.1 Å². The predicted molar refractivity (Wildman–Crippen MR) is 76.4 cm³/mol. The van der Waals surface area contributed by atoms with Crippen LogP contribution in [0, 0.1) is 12.8 Å². The van der Waals surface area contributed by atoms with Crippen molar-refractivity contribution >= 4 is 0 Å². The molecular weight excluding hydrogens is 263 g/mol. The van der Waals surface area contributed by atoms with Gasteiger partial charge in [-0.25, -0.2) is 0 Å². The molecule has 0 aliphatic heterocycles. The second kappa shape index (κ2) is 7.11. The third kappa shape index (κ3) is 4.23. The van der Waals surface area contributed by atoms with Crippen molar-refractivity contribution < 1.29 is 13.2 Å². The Labute approximate surface area is 119 Å². The van der Waals surface area contributed by atoms with Gasteiger partial charge in [-0.3, -0.25) is 0 Å². The molecule has 0 heterocycles. The van der Waals surface area contributed by atoms with E-state index >= 15 is 0 Å². The summed E-state index contributed by atoms with van der Waals surface area (Å²) >= 11 is 0. The van der Waals surface area contributed by atoms with E-state index in [1.54, 1.807) is 6.92 Å². The monoisotopic (exact) mass is 287 g/mol. The first-order valence-electron chi connectivity index (χ1n) is 7.24. The second-order valence-electron chi connectivity index (χ2n) is 5.41. The van der Waals surface area contributed by atoms with Gasteiger partial charge in [0.05, 0.1) is 5.56 Å². The zero-order chi connectivity index (χ0) is 15.3. The second-order valence-corrected chi connectivity index (χ2v) is 5.41. The standard InChI is InChI=1S/C16H24F3N/c1-4-6-7-12(5-2)15(20)14-9-8-13(10-11(14)3)16(17,18)19/h8-10,12,15H,4-7,20H2,1-3H3. The first-order chi connectivity index (χ1) is 9.31. The van der Waals surface area contributed by atoms with E-state index in [4.69, 9.17) is 5.73 Å². The molecule has 20 heavy (non-hydrogen) atoms. The highest BCUT2D eigenvalue weighted by Gasteiger charge is 2.31. The fourth-order valence-corrected chi connectivity index (χ4v) is 2.58. The Balaban J connectivity index is 2.95. The topological polar surface area (TPSA) is 26.0 Å². The highest BCUT2D eigenvalue weighted by Crippen LogP contribution is 2.34. The number of hydrogen-bond acceptors (Lipinski definition) is 1. The van der Waals surface area contributed by atoms with Crippen LogP contribution in [0.25, 0.3) is 0 Å². The largest absolute Gasteiger partial charge is 0.416 e. The van der Waals surface area contributed by atoms with E-state index in [0.29, 0.717) is 11.5 Å². The van der Waals surface area contributed by atoms with Crippen molar-refractivity contribution in [1.29, 1.82) is 0 Å². The molecule has 0 saturated heterocycles. The molecule has 1 rings (SSSR count). The summed E-state index contributed by atoms with van der Waals surface area (Å²) in [4.78, 5) is 0. The number of unbranched alkanes of at least 4 members (excludes halogenated alkanes) is 1. The van der Waals surface area contributed by atoms with Gasteiger partial charge in [0.15, 0.2) is 0 Å². The van der Waals surface area contributed by atoms with Crippen molar-refractivity contribution in [3.05, 3.63) is 34.9 Å². The van der Waals surface area contributed by atoms with Gasteiger partial charge in [-0.1, -0.05) is 39.2 Å². The summed E-state index contributed by atoms with van der Waals surface area (Å²) in [6, 6.07) is 3.68. The van der Waals surface area contributed by atoms with Crippen LogP contribution in [-0.2, 0) is 6.18 Å². The van der Waals surface area contributed by atoms with Crippen molar-refractivity contribution in [2.45, 2.75) is 58.7 Å². The zero-order valence-corrected chi connectivity index (χ0v) is 12.4. The number of alkyl halides is 3. The molecule has 0 radical (unpaired) electrons. The average molecular weight is 287 g/mol. The maximum Gasteiger partial charge on any atom is 0.416 e. The molecule has 0 amide bonds. The van der Waals surface area contributed by atoms with Crippen LogP contribution in [0.1, 0.15) is 62.3 Å². The van der Waals surface area contributed by atoms with Crippen LogP contribution in [0.15, 0.2) is 18.2 Å². The van der Waals surface area contributed by atoms with Crippen molar-refractivity contribution in [1.82, 2.24) is 0 Å². The van der Waals surface area contributed by atoms with Gasteiger partial charge in [-0.15, -0.1) is 0 Å². The average Bonchev–Trinajstić information content (AvgIpc) is 2.38. The first kappa shape index (κ1) is 17.0. The molecule has 0 fully saturated rings. The Morgan fingerprint density at radius 1 is 1.20 bits per heavy atom. The molecule has 1 aromatic carbocycles. The molecule has 0 spiro atoms. The van der Waals surface area contributed by atoms with Gasteiger partial charge in [0.2, 0.25) is 0 Å². The maximum absolute atomic E-state index is 12.7. The molecule has 0 saturated carbocycles. The Morgan fingerprint density at radius 3 is 2.30 bits per heavy atom. The van der Waals surface area contributed by atoms with Crippen molar-refractivity contribution in [3.63, 3.8) is 0 Å². The predicted octanol–water partition coefficient (Wildman–Crippen LogP) is 5.23. The van der Waals surface area contributed by atoms with E-state index in [-0.39, 0.29) is 6.04 Å². The third-order valence-corrected chi connectivity index (χ3v) is 3.92. The number of hydrogen-bond donors (Lipinski definition) is 1. The van der Waals surface area contributed by atoms with Crippen LogP contribution < -0.4 is 5.73 Å². The molecule has 0 aliphatic carbocycles. The lowest BCUT2D eigenvalue weighted by Crippen LogP contribution is -2.22. The summed E-state index contributed by atoms with van der Waals surface area (Å²) in [7, 11) is 0. The summed E-state index contributed by atoms with van der Waals surface area (Å²) in [5.74, 6) is 0.324. The zero-order valence-electron chi connectivity index (χ0n) is 12.4. The van der Waals surface area contributed by atoms with Gasteiger partial charge in [-0.05, 0) is 42.5 Å². The van der Waals surface area contributed by atoms with Crippen molar-refractivity contribution in [2.24, 2.45) is 11.7 Å². The molecule has 4 heteroatoms. The maximum atomic E-state index is 12.7. The highest BCUT2D eigenvalue weighted by atomic mass is 19.4. The van der Waals surface area contributed by atoms with Crippen LogP contribution >= 0.6 is 0 Å². The lowest BCUT2D eigenvalue weighted by molar-refractivity contribution is -0.137. The molecule has 114 valence electrons. The Morgan fingerprint density at radius 2 is 1.85 bits per heavy atom. The summed E-state index contributed by atoms with van der Waals surface area (Å²) in [5.41, 5.74) is 7.13. The minimum atomic E-state index is -4.29. The smallest absolute Gasteiger partial charge is 0.324 e. The van der Waals surface area contributed by atoms with Gasteiger partial charge in [0.1, 0.15) is 0 Å². The number of benzene rings is 1. The van der Waals surface area contributed by atoms with Gasteiger partial charge >= 0.3 is 6.18 Å². The van der Waals surface area contributed by atoms with Crippen LogP contribution in [0.4, 0.5) is 13.2 Å². The van der Waals surface area contributed by atoms with Crippen LogP contribution in [0.5, 0.6) is 0 Å². The first-order valence-corrected chi connectivity index (χ1v) is 7.24. The Bertz CT molecular complexity index is 426. The fourth-order valence-electron chi connectivity index (χ4n) is 2.58. The van der Waals surface area contributed by atoms with E-state index in [0.717, 1.165) is 37.3 Å². The van der Waals surface area contributed by atoms with E-state index < -0.39 is 11.7 Å². The van der Waals surface area contributed by atoms with Crippen LogP contribution in [0.2, 0.25) is 0 Å². The number of halogens is 3. The van der Waals surface area contributed by atoms with E-state index in [1.807, 2.05) is 0 Å². The quantitative estimate of drug-likeness (QED) is 0.761. The van der Waals surface area contributed by atoms with E-state index in [2.05, 4.69) is 13.8 Å². The normalized spacial score (nSPS) is 15.2. The van der Waals surface area contributed by atoms with Crippen LogP contribution in [-0.4, -0.2) is 0 Å². The number of nitrogens with two attached hydrogens (primary N) is 1. The summed E-state index contributed by atoms with van der Waals surface area (Å²) in [6.07, 6.45) is -0.114. The Kier molecular flexibility index (Phi) is 6.06. The number of aryl methyl sites for hydroxylation is 1. The van der Waals surface area contributed by atoms with Crippen LogP contribution in [0.3, 0.4) is 0 Å². The molecule has 2 atom stereocenters. The molecule has 0 aromatic heterocycles. The molecular formula is C16H24F3N. The minimum Gasteiger partial charge on any atom is -0.324 e. The summed E-state index contributed by atoms with van der Waals surface area (Å²) in [5, 5.41) is 0. The fraction of sp³-hybridized carbons (Fsp3) is 0.625. The minimum absolute atomic E-state index is 0.186. The van der Waals surface area contributed by atoms with Gasteiger partial charge in [-0.2, -0.15) is 13.2 Å². The molecule has 2 N–H and O–H groups in total. The number of rotatable bonds is 6. The molecule has 0 aliphatic rings. The molecule has 1 aromatic rings. The van der Waals surface area contributed by atoms with Gasteiger partial charge in [0, 0.05) is 6.04 Å². The third-order valence-electron chi connectivity index (χ3n) is 3.92. The molecule has 0 bridgehead atoms. The van der Waals surface area contributed by atoms with Gasteiger partial charge in [0.25, 0.3) is 0 Å². The SMILES string of the molecule is CCCCC(CC)C(N)c1ccc(C(F)(F)F)cc1C. The lowest BCUT2D eigenvalue weighted by atomic mass is 9.85. The van der Waals surface area contributed by atoms with Gasteiger partial charge < -0.3 is 5.73 Å². The summed E-state index contributed by atoms with van der Waals surface area (Å²) in [6.45, 7) is 5.91.